The minimum absolute atomic E-state index is 0.0416. The molecule has 2 aliphatic rings. The van der Waals surface area contributed by atoms with Gasteiger partial charge in [0.1, 0.15) is 0 Å². The normalized spacial score (nSPS) is 17.7. The largest absolute Gasteiger partial charge is 0.339 e. The van der Waals surface area contributed by atoms with Crippen LogP contribution < -0.4 is 9.80 Å². The molecule has 0 atom stereocenters. The highest BCUT2D eigenvalue weighted by Gasteiger charge is 2.30. The van der Waals surface area contributed by atoms with Crippen LogP contribution in [-0.2, 0) is 16.6 Å². The molecule has 1 aromatic carbocycles. The number of carbonyl (C=O) groups excluding carboxylic acids is 3. The number of hydrogen-bond donors (Lipinski definition) is 0. The highest BCUT2D eigenvalue weighted by atomic mass is 16.2. The molecule has 0 radical (unpaired) electrons. The fourth-order valence-electron chi connectivity index (χ4n) is 3.57. The molecule has 8 heteroatoms. The molecule has 140 valence electrons. The van der Waals surface area contributed by atoms with Crippen LogP contribution in [0.25, 0.3) is 0 Å². The Hall–Kier alpha value is -3.16. The van der Waals surface area contributed by atoms with Gasteiger partial charge in [0.05, 0.1) is 5.69 Å². The number of hydrogen-bond acceptors (Lipinski definition) is 5. The van der Waals surface area contributed by atoms with Gasteiger partial charge in [0.25, 0.3) is 5.91 Å². The van der Waals surface area contributed by atoms with E-state index in [0.29, 0.717) is 24.3 Å². The van der Waals surface area contributed by atoms with Gasteiger partial charge in [-0.25, -0.2) is 4.98 Å². The average Bonchev–Trinajstić information content (AvgIpc) is 3.26. The molecule has 27 heavy (non-hydrogen) atoms. The van der Waals surface area contributed by atoms with Gasteiger partial charge >= 0.3 is 0 Å². The van der Waals surface area contributed by atoms with Crippen LogP contribution in [0.4, 0.5) is 11.6 Å². The lowest BCUT2D eigenvalue weighted by atomic mass is 10.1. The number of aryl methyl sites for hydroxylation is 1. The Labute approximate surface area is 157 Å². The molecule has 0 aliphatic carbocycles. The van der Waals surface area contributed by atoms with Crippen molar-refractivity contribution in [2.24, 2.45) is 7.05 Å². The van der Waals surface area contributed by atoms with E-state index in [1.54, 1.807) is 30.5 Å². The van der Waals surface area contributed by atoms with Crippen LogP contribution in [0.2, 0.25) is 0 Å². The average molecular weight is 367 g/mol. The number of piperazine rings is 1. The maximum absolute atomic E-state index is 12.8. The predicted molar refractivity (Wildman–Crippen MR) is 99.5 cm³/mol. The Morgan fingerprint density at radius 3 is 2.15 bits per heavy atom. The zero-order chi connectivity index (χ0) is 19.0. The molecule has 2 saturated heterocycles. The van der Waals surface area contributed by atoms with E-state index < -0.39 is 0 Å². The predicted octanol–water partition coefficient (Wildman–Crippen LogP) is 1.04. The molecule has 0 bridgehead atoms. The van der Waals surface area contributed by atoms with Crippen molar-refractivity contribution >= 4 is 29.4 Å². The molecular weight excluding hydrogens is 346 g/mol. The standard InChI is InChI=1S/C19H21N5O3/c1-21-9-8-20-19(21)23-12-10-22(11-13-23)18(27)14-2-4-15(5-3-14)24-16(25)6-7-17(24)26/h2-5,8-9H,6-7,10-13H2,1H3. The zero-order valence-electron chi connectivity index (χ0n) is 15.2. The molecule has 0 spiro atoms. The van der Waals surface area contributed by atoms with Crippen LogP contribution in [0.15, 0.2) is 36.7 Å². The SMILES string of the molecule is Cn1ccnc1N1CCN(C(=O)c2ccc(N3C(=O)CCC3=O)cc2)CC1. The summed E-state index contributed by atoms with van der Waals surface area (Å²) in [6.07, 6.45) is 4.17. The molecular formula is C19H21N5O3. The van der Waals surface area contributed by atoms with E-state index in [9.17, 15) is 14.4 Å². The van der Waals surface area contributed by atoms with Crippen molar-refractivity contribution in [3.8, 4) is 0 Å². The Balaban J connectivity index is 1.41. The van der Waals surface area contributed by atoms with Crippen LogP contribution >= 0.6 is 0 Å². The molecule has 0 saturated carbocycles. The third-order valence-electron chi connectivity index (χ3n) is 5.07. The third-order valence-corrected chi connectivity index (χ3v) is 5.07. The second-order valence-corrected chi connectivity index (χ2v) is 6.79. The molecule has 4 rings (SSSR count). The summed E-state index contributed by atoms with van der Waals surface area (Å²) in [5.74, 6) is 0.487. The molecule has 2 fully saturated rings. The van der Waals surface area contributed by atoms with E-state index in [0.717, 1.165) is 19.0 Å². The highest BCUT2D eigenvalue weighted by molar-refractivity contribution is 6.19. The molecule has 8 nitrogen and oxygen atoms in total. The number of carbonyl (C=O) groups is 3. The van der Waals surface area contributed by atoms with E-state index in [1.165, 1.54) is 4.90 Å². The number of rotatable bonds is 3. The summed E-state index contributed by atoms with van der Waals surface area (Å²) in [6.45, 7) is 2.70. The summed E-state index contributed by atoms with van der Waals surface area (Å²) in [4.78, 5) is 45.9. The first-order valence-electron chi connectivity index (χ1n) is 9.02. The van der Waals surface area contributed by atoms with Crippen molar-refractivity contribution in [1.82, 2.24) is 14.5 Å². The lowest BCUT2D eigenvalue weighted by Crippen LogP contribution is -2.49. The minimum atomic E-state index is -0.190. The fraction of sp³-hybridized carbons (Fsp3) is 0.368. The van der Waals surface area contributed by atoms with Crippen LogP contribution in [0.3, 0.4) is 0 Å². The Bertz CT molecular complexity index is 865. The summed E-state index contributed by atoms with van der Waals surface area (Å²) in [5.41, 5.74) is 1.09. The van der Waals surface area contributed by atoms with E-state index >= 15 is 0 Å². The van der Waals surface area contributed by atoms with E-state index in [4.69, 9.17) is 0 Å². The summed E-state index contributed by atoms with van der Waals surface area (Å²) in [6, 6.07) is 6.69. The fourth-order valence-corrected chi connectivity index (χ4v) is 3.57. The summed E-state index contributed by atoms with van der Waals surface area (Å²) >= 11 is 0. The number of imidazole rings is 1. The second-order valence-electron chi connectivity index (χ2n) is 6.79. The van der Waals surface area contributed by atoms with Gasteiger partial charge in [-0.05, 0) is 24.3 Å². The monoisotopic (exact) mass is 367 g/mol. The van der Waals surface area contributed by atoms with Crippen LogP contribution in [-0.4, -0.2) is 58.4 Å². The Morgan fingerprint density at radius 2 is 1.59 bits per heavy atom. The first-order chi connectivity index (χ1) is 13.0. The van der Waals surface area contributed by atoms with Crippen LogP contribution in [0, 0.1) is 0 Å². The highest BCUT2D eigenvalue weighted by Crippen LogP contribution is 2.23. The summed E-state index contributed by atoms with van der Waals surface area (Å²) < 4.78 is 1.97. The van der Waals surface area contributed by atoms with Crippen LogP contribution in [0.5, 0.6) is 0 Å². The first kappa shape index (κ1) is 17.3. The number of nitrogens with zero attached hydrogens (tertiary/aromatic N) is 5. The van der Waals surface area contributed by atoms with E-state index in [-0.39, 0.29) is 30.6 Å². The van der Waals surface area contributed by atoms with Gasteiger partial charge in [-0.2, -0.15) is 0 Å². The van der Waals surface area contributed by atoms with Gasteiger partial charge < -0.3 is 14.4 Å². The van der Waals surface area contributed by atoms with Crippen molar-refractivity contribution in [2.45, 2.75) is 12.8 Å². The van der Waals surface area contributed by atoms with Crippen LogP contribution in [0.1, 0.15) is 23.2 Å². The zero-order valence-corrected chi connectivity index (χ0v) is 15.2. The molecule has 3 heterocycles. The molecule has 1 aromatic heterocycles. The van der Waals surface area contributed by atoms with E-state index in [1.807, 2.05) is 22.7 Å². The van der Waals surface area contributed by atoms with Crippen molar-refractivity contribution in [3.05, 3.63) is 42.2 Å². The molecule has 3 amide bonds. The molecule has 2 aliphatic heterocycles. The second kappa shape index (κ2) is 6.86. The quantitative estimate of drug-likeness (QED) is 0.758. The topological polar surface area (TPSA) is 78.8 Å². The lowest BCUT2D eigenvalue weighted by molar-refractivity contribution is -0.121. The van der Waals surface area contributed by atoms with Crippen molar-refractivity contribution in [1.29, 1.82) is 0 Å². The van der Waals surface area contributed by atoms with Crippen molar-refractivity contribution in [2.75, 3.05) is 36.0 Å². The third kappa shape index (κ3) is 3.18. The van der Waals surface area contributed by atoms with Gasteiger partial charge in [-0.15, -0.1) is 0 Å². The molecule has 2 aromatic rings. The molecule has 0 N–H and O–H groups in total. The van der Waals surface area contributed by atoms with Gasteiger partial charge in [0.2, 0.25) is 17.8 Å². The smallest absolute Gasteiger partial charge is 0.253 e. The molecule has 0 unspecified atom stereocenters. The number of imide groups is 1. The van der Waals surface area contributed by atoms with Gasteiger partial charge in [0, 0.05) is 64.0 Å². The minimum Gasteiger partial charge on any atom is -0.339 e. The van der Waals surface area contributed by atoms with Gasteiger partial charge in [0.15, 0.2) is 0 Å². The maximum Gasteiger partial charge on any atom is 0.253 e. The summed E-state index contributed by atoms with van der Waals surface area (Å²) in [7, 11) is 1.96. The Kier molecular flexibility index (Phi) is 4.39. The Morgan fingerprint density at radius 1 is 0.963 bits per heavy atom. The number of benzene rings is 1. The van der Waals surface area contributed by atoms with Crippen molar-refractivity contribution < 1.29 is 14.4 Å². The number of aromatic nitrogens is 2. The van der Waals surface area contributed by atoms with Crippen molar-refractivity contribution in [3.63, 3.8) is 0 Å². The number of amides is 3. The maximum atomic E-state index is 12.8. The van der Waals surface area contributed by atoms with E-state index in [2.05, 4.69) is 9.88 Å². The lowest BCUT2D eigenvalue weighted by Gasteiger charge is -2.35. The first-order valence-corrected chi connectivity index (χ1v) is 9.02. The van der Waals surface area contributed by atoms with Gasteiger partial charge in [-0.3, -0.25) is 19.3 Å². The number of anilines is 2. The summed E-state index contributed by atoms with van der Waals surface area (Å²) in [5, 5.41) is 0. The van der Waals surface area contributed by atoms with Gasteiger partial charge in [-0.1, -0.05) is 0 Å².